The zero-order valence-electron chi connectivity index (χ0n) is 10.1. The number of nitrogens with zero attached hydrogens (tertiary/aromatic N) is 2. The summed E-state index contributed by atoms with van der Waals surface area (Å²) < 4.78 is 4.77. The van der Waals surface area contributed by atoms with Gasteiger partial charge < -0.3 is 4.74 Å². The molecule has 0 bridgehead atoms. The van der Waals surface area contributed by atoms with Crippen molar-refractivity contribution in [3.8, 4) is 6.07 Å². The SMILES string of the molecule is CCOC(=O)Cc1cc(C)cc([N+](=O)[O-])c1C#N. The standard InChI is InChI=1S/C12H12N2O4/c1-3-18-12(15)6-9-4-8(2)5-11(14(16)17)10(9)7-13/h4-5H,3,6H2,1-2H3. The molecule has 0 unspecified atom stereocenters. The quantitative estimate of drug-likeness (QED) is 0.460. The summed E-state index contributed by atoms with van der Waals surface area (Å²) in [5, 5.41) is 19.8. The molecular weight excluding hydrogens is 236 g/mol. The molecule has 0 heterocycles. The van der Waals surface area contributed by atoms with Gasteiger partial charge in [0.15, 0.2) is 0 Å². The summed E-state index contributed by atoms with van der Waals surface area (Å²) >= 11 is 0. The van der Waals surface area contributed by atoms with E-state index >= 15 is 0 Å². The fourth-order valence-electron chi connectivity index (χ4n) is 1.62. The van der Waals surface area contributed by atoms with Gasteiger partial charge in [-0.25, -0.2) is 0 Å². The predicted molar refractivity (Wildman–Crippen MR) is 62.9 cm³/mol. The van der Waals surface area contributed by atoms with Gasteiger partial charge in [0.1, 0.15) is 11.6 Å². The molecule has 0 saturated heterocycles. The lowest BCUT2D eigenvalue weighted by Gasteiger charge is -2.06. The van der Waals surface area contributed by atoms with E-state index in [1.54, 1.807) is 26.0 Å². The molecule has 0 aromatic heterocycles. The third-order valence-electron chi connectivity index (χ3n) is 2.29. The number of hydrogen-bond donors (Lipinski definition) is 0. The maximum absolute atomic E-state index is 11.4. The van der Waals surface area contributed by atoms with Gasteiger partial charge in [-0.15, -0.1) is 0 Å². The lowest BCUT2D eigenvalue weighted by Crippen LogP contribution is -2.10. The van der Waals surface area contributed by atoms with Crippen LogP contribution >= 0.6 is 0 Å². The molecule has 1 aromatic rings. The molecule has 0 N–H and O–H groups in total. The van der Waals surface area contributed by atoms with Crippen LogP contribution in [0.3, 0.4) is 0 Å². The maximum atomic E-state index is 11.4. The second-order valence-corrected chi connectivity index (χ2v) is 3.67. The van der Waals surface area contributed by atoms with E-state index in [0.717, 1.165) is 0 Å². The minimum absolute atomic E-state index is 0.0846. The van der Waals surface area contributed by atoms with Crippen LogP contribution in [-0.2, 0) is 16.0 Å². The second-order valence-electron chi connectivity index (χ2n) is 3.67. The van der Waals surface area contributed by atoms with Gasteiger partial charge in [-0.1, -0.05) is 6.07 Å². The molecule has 0 amide bonds. The first kappa shape index (κ1) is 13.6. The third-order valence-corrected chi connectivity index (χ3v) is 2.29. The summed E-state index contributed by atoms with van der Waals surface area (Å²) in [4.78, 5) is 21.6. The molecule has 0 spiro atoms. The van der Waals surface area contributed by atoms with Crippen molar-refractivity contribution in [2.24, 2.45) is 0 Å². The van der Waals surface area contributed by atoms with Gasteiger partial charge in [0.05, 0.1) is 18.0 Å². The number of nitro benzene ring substituents is 1. The number of benzene rings is 1. The van der Waals surface area contributed by atoms with E-state index in [-0.39, 0.29) is 24.3 Å². The molecule has 94 valence electrons. The van der Waals surface area contributed by atoms with Crippen LogP contribution < -0.4 is 0 Å². The van der Waals surface area contributed by atoms with Gasteiger partial charge in [0, 0.05) is 6.07 Å². The van der Waals surface area contributed by atoms with Crippen LogP contribution in [0.1, 0.15) is 23.6 Å². The van der Waals surface area contributed by atoms with Crippen molar-refractivity contribution in [2.75, 3.05) is 6.61 Å². The Kier molecular flexibility index (Phi) is 4.38. The van der Waals surface area contributed by atoms with Crippen LogP contribution in [0.5, 0.6) is 0 Å². The first-order chi connectivity index (χ1) is 8.49. The maximum Gasteiger partial charge on any atom is 0.310 e. The van der Waals surface area contributed by atoms with Gasteiger partial charge in [-0.05, 0) is 25.0 Å². The zero-order chi connectivity index (χ0) is 13.7. The molecule has 18 heavy (non-hydrogen) atoms. The highest BCUT2D eigenvalue weighted by Crippen LogP contribution is 2.24. The van der Waals surface area contributed by atoms with Crippen LogP contribution in [0, 0.1) is 28.4 Å². The molecule has 6 heteroatoms. The highest BCUT2D eigenvalue weighted by Gasteiger charge is 2.20. The lowest BCUT2D eigenvalue weighted by molar-refractivity contribution is -0.385. The highest BCUT2D eigenvalue weighted by atomic mass is 16.6. The topological polar surface area (TPSA) is 93.2 Å². The average Bonchev–Trinajstić information content (AvgIpc) is 2.28. The van der Waals surface area contributed by atoms with E-state index in [9.17, 15) is 14.9 Å². The van der Waals surface area contributed by atoms with Gasteiger partial charge >= 0.3 is 5.97 Å². The minimum atomic E-state index is -0.625. The number of ether oxygens (including phenoxy) is 1. The first-order valence-corrected chi connectivity index (χ1v) is 5.33. The minimum Gasteiger partial charge on any atom is -0.466 e. The van der Waals surface area contributed by atoms with Gasteiger partial charge in [-0.3, -0.25) is 14.9 Å². The number of hydrogen-bond acceptors (Lipinski definition) is 5. The van der Waals surface area contributed by atoms with Crippen molar-refractivity contribution in [1.82, 2.24) is 0 Å². The number of carbonyl (C=O) groups is 1. The van der Waals surface area contributed by atoms with E-state index in [4.69, 9.17) is 10.00 Å². The summed E-state index contributed by atoms with van der Waals surface area (Å²) in [5.74, 6) is -0.506. The summed E-state index contributed by atoms with van der Waals surface area (Å²) in [5.41, 5.74) is 0.582. The largest absolute Gasteiger partial charge is 0.466 e. The van der Waals surface area contributed by atoms with Gasteiger partial charge in [0.25, 0.3) is 5.69 Å². The number of esters is 1. The molecule has 0 aliphatic carbocycles. The Morgan fingerprint density at radius 1 is 1.56 bits per heavy atom. The Labute approximate surface area is 104 Å². The van der Waals surface area contributed by atoms with E-state index in [1.807, 2.05) is 0 Å². The molecule has 0 saturated carbocycles. The fraction of sp³-hybridized carbons (Fsp3) is 0.333. The summed E-state index contributed by atoms with van der Waals surface area (Å²) in [6.07, 6.45) is -0.140. The summed E-state index contributed by atoms with van der Waals surface area (Å²) in [6.45, 7) is 3.57. The Morgan fingerprint density at radius 3 is 2.72 bits per heavy atom. The molecule has 6 nitrogen and oxygen atoms in total. The van der Waals surface area contributed by atoms with Crippen LogP contribution in [0.25, 0.3) is 0 Å². The fourth-order valence-corrected chi connectivity index (χ4v) is 1.62. The molecule has 1 rings (SSSR count). The second kappa shape index (κ2) is 5.77. The molecule has 0 radical (unpaired) electrons. The molecule has 0 atom stereocenters. The van der Waals surface area contributed by atoms with Gasteiger partial charge in [0.2, 0.25) is 0 Å². The first-order valence-electron chi connectivity index (χ1n) is 5.33. The molecule has 0 aliphatic rings. The molecule has 1 aromatic carbocycles. The number of nitriles is 1. The number of carbonyl (C=O) groups excluding carboxylic acids is 1. The van der Waals surface area contributed by atoms with Crippen LogP contribution in [-0.4, -0.2) is 17.5 Å². The number of nitro groups is 1. The van der Waals surface area contributed by atoms with Crippen molar-refractivity contribution < 1.29 is 14.5 Å². The Bertz CT molecular complexity index is 532. The molecule has 0 aliphatic heterocycles. The average molecular weight is 248 g/mol. The normalized spacial score (nSPS) is 9.61. The highest BCUT2D eigenvalue weighted by molar-refractivity contribution is 5.74. The van der Waals surface area contributed by atoms with E-state index in [0.29, 0.717) is 11.1 Å². The van der Waals surface area contributed by atoms with E-state index in [2.05, 4.69) is 0 Å². The Hall–Kier alpha value is -2.42. The zero-order valence-corrected chi connectivity index (χ0v) is 10.1. The van der Waals surface area contributed by atoms with Crippen molar-refractivity contribution >= 4 is 11.7 Å². The number of rotatable bonds is 4. The molecule has 0 fully saturated rings. The van der Waals surface area contributed by atoms with Crippen molar-refractivity contribution in [1.29, 1.82) is 5.26 Å². The number of aryl methyl sites for hydroxylation is 1. The Morgan fingerprint density at radius 2 is 2.22 bits per heavy atom. The van der Waals surface area contributed by atoms with Crippen molar-refractivity contribution in [2.45, 2.75) is 20.3 Å². The summed E-state index contributed by atoms with van der Waals surface area (Å²) in [7, 11) is 0. The van der Waals surface area contributed by atoms with E-state index < -0.39 is 10.9 Å². The van der Waals surface area contributed by atoms with Crippen molar-refractivity contribution in [3.63, 3.8) is 0 Å². The predicted octanol–water partition coefficient (Wildman–Crippen LogP) is 1.88. The van der Waals surface area contributed by atoms with E-state index in [1.165, 1.54) is 6.07 Å². The van der Waals surface area contributed by atoms with Crippen molar-refractivity contribution in [3.05, 3.63) is 38.9 Å². The van der Waals surface area contributed by atoms with Crippen LogP contribution in [0.2, 0.25) is 0 Å². The van der Waals surface area contributed by atoms with Crippen LogP contribution in [0.15, 0.2) is 12.1 Å². The van der Waals surface area contributed by atoms with Gasteiger partial charge in [-0.2, -0.15) is 5.26 Å². The third kappa shape index (κ3) is 3.04. The Balaban J connectivity index is 3.23. The van der Waals surface area contributed by atoms with Crippen LogP contribution in [0.4, 0.5) is 5.69 Å². The monoisotopic (exact) mass is 248 g/mol. The molecular formula is C12H12N2O4. The lowest BCUT2D eigenvalue weighted by atomic mass is 10.0. The summed E-state index contributed by atoms with van der Waals surface area (Å²) in [6, 6.07) is 4.67. The smallest absolute Gasteiger partial charge is 0.310 e.